The molecule has 0 heterocycles. The van der Waals surface area contributed by atoms with E-state index in [4.69, 9.17) is 4.74 Å². The summed E-state index contributed by atoms with van der Waals surface area (Å²) >= 11 is 0. The number of hydrogen-bond donors (Lipinski definition) is 1. The molecule has 0 aliphatic rings. The van der Waals surface area contributed by atoms with Gasteiger partial charge in [0.15, 0.2) is 0 Å². The zero-order valence-electron chi connectivity index (χ0n) is 13.8. The van der Waals surface area contributed by atoms with Gasteiger partial charge >= 0.3 is 0 Å². The average molecular weight is 277 g/mol. The zero-order chi connectivity index (χ0) is 15.0. The summed E-state index contributed by atoms with van der Waals surface area (Å²) in [6.07, 6.45) is 2.25. The first kappa shape index (κ1) is 17.2. The number of benzene rings is 1. The Balaban J connectivity index is 2.35. The Morgan fingerprint density at radius 1 is 1.10 bits per heavy atom. The summed E-state index contributed by atoms with van der Waals surface area (Å²) in [7, 11) is 1.77. The van der Waals surface area contributed by atoms with Crippen molar-refractivity contribution in [3.63, 3.8) is 0 Å². The minimum absolute atomic E-state index is 0.285. The van der Waals surface area contributed by atoms with Gasteiger partial charge < -0.3 is 10.1 Å². The highest BCUT2D eigenvalue weighted by molar-refractivity contribution is 5.22. The summed E-state index contributed by atoms with van der Waals surface area (Å²) in [6.45, 7) is 11.9. The van der Waals surface area contributed by atoms with E-state index in [1.54, 1.807) is 7.11 Å². The molecular formula is C18H31NO. The van der Waals surface area contributed by atoms with Crippen molar-refractivity contribution in [1.29, 1.82) is 0 Å². The lowest BCUT2D eigenvalue weighted by molar-refractivity contribution is 0.150. The SMILES string of the molecule is COCCC(C)(C)CNCc1ccc(CC(C)C)cc1. The third-order valence-corrected chi connectivity index (χ3v) is 3.58. The Labute approximate surface area is 124 Å². The molecular weight excluding hydrogens is 246 g/mol. The molecule has 0 aromatic heterocycles. The lowest BCUT2D eigenvalue weighted by Crippen LogP contribution is -2.30. The Morgan fingerprint density at radius 3 is 2.25 bits per heavy atom. The van der Waals surface area contributed by atoms with E-state index >= 15 is 0 Å². The van der Waals surface area contributed by atoms with Gasteiger partial charge in [-0.25, -0.2) is 0 Å². The van der Waals surface area contributed by atoms with Gasteiger partial charge in [-0.1, -0.05) is 52.0 Å². The van der Waals surface area contributed by atoms with E-state index < -0.39 is 0 Å². The van der Waals surface area contributed by atoms with Crippen LogP contribution in [0.2, 0.25) is 0 Å². The van der Waals surface area contributed by atoms with E-state index in [9.17, 15) is 0 Å². The van der Waals surface area contributed by atoms with Gasteiger partial charge in [-0.2, -0.15) is 0 Å². The van der Waals surface area contributed by atoms with Crippen LogP contribution >= 0.6 is 0 Å². The summed E-state index contributed by atoms with van der Waals surface area (Å²) in [6, 6.07) is 9.00. The molecule has 1 N–H and O–H groups in total. The Hall–Kier alpha value is -0.860. The second-order valence-electron chi connectivity index (χ2n) is 6.93. The van der Waals surface area contributed by atoms with E-state index in [0.29, 0.717) is 0 Å². The average Bonchev–Trinajstić information content (AvgIpc) is 2.38. The van der Waals surface area contributed by atoms with E-state index in [2.05, 4.69) is 57.3 Å². The van der Waals surface area contributed by atoms with Gasteiger partial charge in [-0.15, -0.1) is 0 Å². The fourth-order valence-corrected chi connectivity index (χ4v) is 2.28. The molecule has 1 aromatic carbocycles. The molecule has 0 bridgehead atoms. The van der Waals surface area contributed by atoms with Crippen LogP contribution in [0.1, 0.15) is 45.2 Å². The van der Waals surface area contributed by atoms with Crippen LogP contribution in [0.3, 0.4) is 0 Å². The molecule has 2 nitrogen and oxygen atoms in total. The van der Waals surface area contributed by atoms with Crippen LogP contribution < -0.4 is 5.32 Å². The lowest BCUT2D eigenvalue weighted by atomic mass is 9.89. The zero-order valence-corrected chi connectivity index (χ0v) is 13.8. The highest BCUT2D eigenvalue weighted by atomic mass is 16.5. The van der Waals surface area contributed by atoms with E-state index in [1.807, 2.05) is 0 Å². The quantitative estimate of drug-likeness (QED) is 0.735. The molecule has 0 atom stereocenters. The van der Waals surface area contributed by atoms with Crippen LogP contribution in [-0.2, 0) is 17.7 Å². The first-order valence-electron chi connectivity index (χ1n) is 7.70. The normalized spacial score (nSPS) is 12.1. The molecule has 0 aliphatic carbocycles. The molecule has 2 heteroatoms. The van der Waals surface area contributed by atoms with E-state index in [-0.39, 0.29) is 5.41 Å². The van der Waals surface area contributed by atoms with Crippen molar-refractivity contribution < 1.29 is 4.74 Å². The number of ether oxygens (including phenoxy) is 1. The monoisotopic (exact) mass is 277 g/mol. The number of hydrogen-bond acceptors (Lipinski definition) is 2. The van der Waals surface area contributed by atoms with Crippen molar-refractivity contribution in [3.8, 4) is 0 Å². The van der Waals surface area contributed by atoms with Gasteiger partial charge in [0.2, 0.25) is 0 Å². The van der Waals surface area contributed by atoms with Crippen molar-refractivity contribution >= 4 is 0 Å². The van der Waals surface area contributed by atoms with E-state index in [1.165, 1.54) is 11.1 Å². The first-order valence-corrected chi connectivity index (χ1v) is 7.70. The van der Waals surface area contributed by atoms with Gasteiger partial charge in [0, 0.05) is 26.8 Å². The van der Waals surface area contributed by atoms with Crippen molar-refractivity contribution in [2.45, 2.75) is 47.1 Å². The Bertz CT molecular complexity index is 368. The lowest BCUT2D eigenvalue weighted by Gasteiger charge is -2.24. The van der Waals surface area contributed by atoms with Crippen molar-refractivity contribution in [2.24, 2.45) is 11.3 Å². The van der Waals surface area contributed by atoms with Crippen LogP contribution in [0.25, 0.3) is 0 Å². The second-order valence-corrected chi connectivity index (χ2v) is 6.93. The molecule has 0 amide bonds. The molecule has 0 unspecified atom stereocenters. The van der Waals surface area contributed by atoms with Gasteiger partial charge in [-0.05, 0) is 35.3 Å². The molecule has 0 fully saturated rings. The van der Waals surface area contributed by atoms with Gasteiger partial charge in [0.05, 0.1) is 0 Å². The predicted octanol–water partition coefficient (Wildman–Crippen LogP) is 4.04. The molecule has 1 aromatic rings. The topological polar surface area (TPSA) is 21.3 Å². The number of methoxy groups -OCH3 is 1. The predicted molar refractivity (Wildman–Crippen MR) is 87.0 cm³/mol. The molecule has 20 heavy (non-hydrogen) atoms. The van der Waals surface area contributed by atoms with Gasteiger partial charge in [-0.3, -0.25) is 0 Å². The molecule has 114 valence electrons. The third-order valence-electron chi connectivity index (χ3n) is 3.58. The molecule has 1 rings (SSSR count). The summed E-state index contributed by atoms with van der Waals surface area (Å²) in [5.41, 5.74) is 3.08. The van der Waals surface area contributed by atoms with Crippen molar-refractivity contribution in [1.82, 2.24) is 5.32 Å². The van der Waals surface area contributed by atoms with Crippen molar-refractivity contribution in [3.05, 3.63) is 35.4 Å². The van der Waals surface area contributed by atoms with Crippen LogP contribution in [0.15, 0.2) is 24.3 Å². The summed E-state index contributed by atoms with van der Waals surface area (Å²) in [5, 5.41) is 3.56. The maximum atomic E-state index is 5.16. The highest BCUT2D eigenvalue weighted by Gasteiger charge is 2.16. The smallest absolute Gasteiger partial charge is 0.0467 e. The molecule has 0 saturated heterocycles. The maximum Gasteiger partial charge on any atom is 0.0467 e. The molecule has 0 aliphatic heterocycles. The summed E-state index contributed by atoms with van der Waals surface area (Å²) in [4.78, 5) is 0. The van der Waals surface area contributed by atoms with Crippen LogP contribution in [-0.4, -0.2) is 20.3 Å². The Morgan fingerprint density at radius 2 is 1.70 bits per heavy atom. The first-order chi connectivity index (χ1) is 9.43. The summed E-state index contributed by atoms with van der Waals surface area (Å²) < 4.78 is 5.16. The van der Waals surface area contributed by atoms with Crippen LogP contribution in [0.4, 0.5) is 0 Å². The Kier molecular flexibility index (Phi) is 7.25. The minimum atomic E-state index is 0.285. The second kappa shape index (κ2) is 8.43. The fourth-order valence-electron chi connectivity index (χ4n) is 2.28. The third kappa shape index (κ3) is 7.06. The van der Waals surface area contributed by atoms with Crippen molar-refractivity contribution in [2.75, 3.05) is 20.3 Å². The summed E-state index contributed by atoms with van der Waals surface area (Å²) in [5.74, 6) is 0.723. The standard InChI is InChI=1S/C18H31NO/c1-15(2)12-16-6-8-17(9-7-16)13-19-14-18(3,4)10-11-20-5/h6-9,15,19H,10-14H2,1-5H3. The largest absolute Gasteiger partial charge is 0.385 e. The van der Waals surface area contributed by atoms with Crippen LogP contribution in [0, 0.1) is 11.3 Å². The van der Waals surface area contributed by atoms with Gasteiger partial charge in [0.25, 0.3) is 0 Å². The van der Waals surface area contributed by atoms with E-state index in [0.717, 1.165) is 38.5 Å². The number of nitrogens with one attached hydrogen (secondary N) is 1. The molecule has 0 spiro atoms. The molecule has 0 radical (unpaired) electrons. The van der Waals surface area contributed by atoms with Gasteiger partial charge in [0.1, 0.15) is 0 Å². The highest BCUT2D eigenvalue weighted by Crippen LogP contribution is 2.19. The number of rotatable bonds is 9. The minimum Gasteiger partial charge on any atom is -0.385 e. The maximum absolute atomic E-state index is 5.16. The molecule has 0 saturated carbocycles. The fraction of sp³-hybridized carbons (Fsp3) is 0.667. The van der Waals surface area contributed by atoms with Crippen LogP contribution in [0.5, 0.6) is 0 Å².